The van der Waals surface area contributed by atoms with E-state index < -0.39 is 0 Å². The molecule has 1 N–H and O–H groups in total. The molecule has 1 saturated carbocycles. The Hall–Kier alpha value is -0.220. The Labute approximate surface area is 95.0 Å². The maximum Gasteiger partial charge on any atom is 0.240 e. The SMILES string of the molecule is O=C(C1CSCN1)N1CCC2(CCC2)C1. The molecule has 2 saturated heterocycles. The average molecular weight is 226 g/mol. The first-order chi connectivity index (χ1) is 7.29. The molecule has 3 nitrogen and oxygen atoms in total. The second-order valence-electron chi connectivity index (χ2n) is 5.14. The molecule has 0 radical (unpaired) electrons. The maximum absolute atomic E-state index is 12.1. The number of carbonyl (C=O) groups excluding carboxylic acids is 1. The largest absolute Gasteiger partial charge is 0.341 e. The first-order valence-electron chi connectivity index (χ1n) is 5.89. The van der Waals surface area contributed by atoms with Crippen molar-refractivity contribution < 1.29 is 4.79 Å². The number of thioether (sulfide) groups is 1. The van der Waals surface area contributed by atoms with Gasteiger partial charge in [0.1, 0.15) is 0 Å². The van der Waals surface area contributed by atoms with Gasteiger partial charge in [-0.25, -0.2) is 0 Å². The van der Waals surface area contributed by atoms with Crippen LogP contribution in [-0.2, 0) is 4.79 Å². The zero-order valence-corrected chi connectivity index (χ0v) is 9.81. The zero-order valence-electron chi connectivity index (χ0n) is 9.00. The Morgan fingerprint density at radius 3 is 2.80 bits per heavy atom. The van der Waals surface area contributed by atoms with Gasteiger partial charge >= 0.3 is 0 Å². The van der Waals surface area contributed by atoms with Gasteiger partial charge in [-0.2, -0.15) is 0 Å². The van der Waals surface area contributed by atoms with Crippen LogP contribution in [0, 0.1) is 5.41 Å². The van der Waals surface area contributed by atoms with Crippen molar-refractivity contribution in [3.05, 3.63) is 0 Å². The van der Waals surface area contributed by atoms with E-state index in [1.807, 2.05) is 11.8 Å². The first kappa shape index (κ1) is 9.97. The summed E-state index contributed by atoms with van der Waals surface area (Å²) in [6.07, 6.45) is 5.32. The van der Waals surface area contributed by atoms with Crippen LogP contribution in [0.15, 0.2) is 0 Å². The van der Waals surface area contributed by atoms with E-state index in [0.29, 0.717) is 11.3 Å². The molecule has 3 rings (SSSR count). The summed E-state index contributed by atoms with van der Waals surface area (Å²) in [6.45, 7) is 2.04. The number of likely N-dealkylation sites (tertiary alicyclic amines) is 1. The second kappa shape index (κ2) is 3.67. The smallest absolute Gasteiger partial charge is 0.240 e. The van der Waals surface area contributed by atoms with E-state index >= 15 is 0 Å². The van der Waals surface area contributed by atoms with E-state index in [4.69, 9.17) is 0 Å². The minimum atomic E-state index is 0.102. The fourth-order valence-corrected chi connectivity index (χ4v) is 3.92. The maximum atomic E-state index is 12.1. The number of nitrogens with one attached hydrogen (secondary N) is 1. The minimum Gasteiger partial charge on any atom is -0.341 e. The highest BCUT2D eigenvalue weighted by Gasteiger charge is 2.45. The van der Waals surface area contributed by atoms with Gasteiger partial charge in [0.15, 0.2) is 0 Å². The minimum absolute atomic E-state index is 0.102. The van der Waals surface area contributed by atoms with Crippen molar-refractivity contribution in [2.75, 3.05) is 24.7 Å². The molecule has 1 spiro atoms. The molecule has 3 aliphatic rings. The van der Waals surface area contributed by atoms with Crippen LogP contribution in [0.3, 0.4) is 0 Å². The summed E-state index contributed by atoms with van der Waals surface area (Å²) in [6, 6.07) is 0.102. The zero-order chi connectivity index (χ0) is 10.3. The van der Waals surface area contributed by atoms with Crippen LogP contribution >= 0.6 is 11.8 Å². The van der Waals surface area contributed by atoms with E-state index in [0.717, 1.165) is 24.7 Å². The highest BCUT2D eigenvalue weighted by molar-refractivity contribution is 7.99. The van der Waals surface area contributed by atoms with E-state index in [1.165, 1.54) is 25.7 Å². The van der Waals surface area contributed by atoms with E-state index in [9.17, 15) is 4.79 Å². The Morgan fingerprint density at radius 2 is 2.27 bits per heavy atom. The highest BCUT2D eigenvalue weighted by atomic mass is 32.2. The van der Waals surface area contributed by atoms with E-state index in [1.54, 1.807) is 0 Å². The van der Waals surface area contributed by atoms with Crippen molar-refractivity contribution in [3.8, 4) is 0 Å². The van der Waals surface area contributed by atoms with Crippen LogP contribution in [0.5, 0.6) is 0 Å². The van der Waals surface area contributed by atoms with Crippen LogP contribution in [0.25, 0.3) is 0 Å². The summed E-state index contributed by atoms with van der Waals surface area (Å²) in [5.41, 5.74) is 0.543. The van der Waals surface area contributed by atoms with Gasteiger partial charge in [0, 0.05) is 24.7 Å². The average Bonchev–Trinajstić information content (AvgIpc) is 2.85. The molecule has 0 aromatic carbocycles. The number of carbonyl (C=O) groups is 1. The third-order valence-electron chi connectivity index (χ3n) is 4.18. The van der Waals surface area contributed by atoms with Crippen molar-refractivity contribution in [2.24, 2.45) is 5.41 Å². The van der Waals surface area contributed by atoms with Crippen LogP contribution < -0.4 is 5.32 Å². The molecule has 3 fully saturated rings. The first-order valence-corrected chi connectivity index (χ1v) is 7.05. The van der Waals surface area contributed by atoms with Gasteiger partial charge in [-0.15, -0.1) is 11.8 Å². The molecule has 0 aromatic heterocycles. The molecule has 4 heteroatoms. The standard InChI is InChI=1S/C11H18N2OS/c14-10(9-6-15-8-12-9)13-5-4-11(7-13)2-1-3-11/h9,12H,1-8H2. The molecule has 2 heterocycles. The van der Waals surface area contributed by atoms with E-state index in [-0.39, 0.29) is 6.04 Å². The molecule has 1 amide bonds. The topological polar surface area (TPSA) is 32.3 Å². The van der Waals surface area contributed by atoms with Crippen molar-refractivity contribution in [1.29, 1.82) is 0 Å². The summed E-state index contributed by atoms with van der Waals surface area (Å²) in [4.78, 5) is 14.2. The number of hydrogen-bond acceptors (Lipinski definition) is 3. The summed E-state index contributed by atoms with van der Waals surface area (Å²) in [5.74, 6) is 2.25. The summed E-state index contributed by atoms with van der Waals surface area (Å²) >= 11 is 1.83. The van der Waals surface area contributed by atoms with Gasteiger partial charge in [0.05, 0.1) is 6.04 Å². The molecule has 15 heavy (non-hydrogen) atoms. The lowest BCUT2D eigenvalue weighted by atomic mass is 9.68. The quantitative estimate of drug-likeness (QED) is 0.725. The molecule has 0 aromatic rings. The van der Waals surface area contributed by atoms with Crippen molar-refractivity contribution in [2.45, 2.75) is 31.7 Å². The molecule has 1 atom stereocenters. The highest BCUT2D eigenvalue weighted by Crippen LogP contribution is 2.48. The molecular weight excluding hydrogens is 208 g/mol. The van der Waals surface area contributed by atoms with Crippen LogP contribution in [0.2, 0.25) is 0 Å². The Balaban J connectivity index is 1.61. The molecule has 0 bridgehead atoms. The fourth-order valence-electron chi connectivity index (χ4n) is 2.98. The molecule has 1 unspecified atom stereocenters. The Bertz CT molecular complexity index is 272. The van der Waals surface area contributed by atoms with Crippen LogP contribution in [0.1, 0.15) is 25.7 Å². The van der Waals surface area contributed by atoms with Crippen LogP contribution in [0.4, 0.5) is 0 Å². The predicted octanol–water partition coefficient (Wildman–Crippen LogP) is 1.05. The molecule has 84 valence electrons. The molecular formula is C11H18N2OS. The number of hydrogen-bond donors (Lipinski definition) is 1. The Kier molecular flexibility index (Phi) is 2.44. The van der Waals surface area contributed by atoms with Crippen LogP contribution in [-0.4, -0.2) is 41.6 Å². The third-order valence-corrected chi connectivity index (χ3v) is 5.12. The van der Waals surface area contributed by atoms with Gasteiger partial charge in [0.25, 0.3) is 0 Å². The summed E-state index contributed by atoms with van der Waals surface area (Å²) in [5, 5.41) is 3.27. The van der Waals surface area contributed by atoms with Gasteiger partial charge in [-0.05, 0) is 24.7 Å². The van der Waals surface area contributed by atoms with Gasteiger partial charge < -0.3 is 4.90 Å². The number of amides is 1. The number of nitrogens with zero attached hydrogens (tertiary/aromatic N) is 1. The van der Waals surface area contributed by atoms with Gasteiger partial charge in [-0.3, -0.25) is 10.1 Å². The Morgan fingerprint density at radius 1 is 1.40 bits per heavy atom. The fraction of sp³-hybridized carbons (Fsp3) is 0.909. The van der Waals surface area contributed by atoms with Crippen molar-refractivity contribution in [3.63, 3.8) is 0 Å². The van der Waals surface area contributed by atoms with Crippen molar-refractivity contribution in [1.82, 2.24) is 10.2 Å². The lowest BCUT2D eigenvalue weighted by molar-refractivity contribution is -0.132. The third kappa shape index (κ3) is 1.68. The van der Waals surface area contributed by atoms with Crippen molar-refractivity contribution >= 4 is 17.7 Å². The lowest BCUT2D eigenvalue weighted by Gasteiger charge is -2.38. The lowest BCUT2D eigenvalue weighted by Crippen LogP contribution is -2.45. The van der Waals surface area contributed by atoms with Gasteiger partial charge in [0.2, 0.25) is 5.91 Å². The van der Waals surface area contributed by atoms with Gasteiger partial charge in [-0.1, -0.05) is 6.42 Å². The van der Waals surface area contributed by atoms with E-state index in [2.05, 4.69) is 10.2 Å². The predicted molar refractivity (Wildman–Crippen MR) is 61.7 cm³/mol. The number of rotatable bonds is 1. The summed E-state index contributed by atoms with van der Waals surface area (Å²) in [7, 11) is 0. The molecule has 1 aliphatic carbocycles. The normalized spacial score (nSPS) is 33.3. The monoisotopic (exact) mass is 226 g/mol. The molecule has 2 aliphatic heterocycles. The second-order valence-corrected chi connectivity index (χ2v) is 6.17. The summed E-state index contributed by atoms with van der Waals surface area (Å²) < 4.78 is 0.